The zero-order valence-electron chi connectivity index (χ0n) is 30.7. The number of hydrogen-bond acceptors (Lipinski definition) is 9. The van der Waals surface area contributed by atoms with Crippen molar-refractivity contribution in [3.05, 3.63) is 108 Å². The zero-order valence-corrected chi connectivity index (χ0v) is 30.7. The molecular weight excluding hydrogens is 700 g/mol. The highest BCUT2D eigenvalue weighted by molar-refractivity contribution is 6.04. The molecule has 4 aromatic carbocycles. The number of amides is 4. The van der Waals surface area contributed by atoms with Gasteiger partial charge in [-0.25, -0.2) is 0 Å². The van der Waals surface area contributed by atoms with E-state index in [0.717, 1.165) is 12.8 Å². The normalized spacial score (nSPS) is 16.5. The molecule has 2 aliphatic rings. The van der Waals surface area contributed by atoms with Crippen molar-refractivity contribution in [2.45, 2.75) is 51.6 Å². The van der Waals surface area contributed by atoms with Gasteiger partial charge in [0.05, 0.1) is 24.3 Å². The monoisotopic (exact) mass is 742 g/mol. The van der Waals surface area contributed by atoms with Crippen LogP contribution in [0.1, 0.15) is 60.2 Å². The number of anilines is 2. The van der Waals surface area contributed by atoms with E-state index in [9.17, 15) is 19.2 Å². The Kier molecular flexibility index (Phi) is 11.2. The maximum absolute atomic E-state index is 13.4. The molecule has 2 aliphatic heterocycles. The average molecular weight is 743 g/mol. The van der Waals surface area contributed by atoms with E-state index < -0.39 is 12.1 Å². The summed E-state index contributed by atoms with van der Waals surface area (Å²) in [5, 5.41) is 14.3. The van der Waals surface area contributed by atoms with E-state index in [2.05, 4.69) is 20.8 Å². The SMILES string of the molecule is CCOc1ccccc1C(=O)N1CCC[C@H]1C(=O)Nc1ccc(-c2nnc(-c3ccc(NC(=O)[C@@H]4CCCN4C(=O)c4ccccc4OCC)cc3)o2)cc1. The van der Waals surface area contributed by atoms with E-state index in [1.807, 2.05) is 26.0 Å². The third kappa shape index (κ3) is 8.05. The molecule has 2 N–H and O–H groups in total. The van der Waals surface area contributed by atoms with Gasteiger partial charge in [0.1, 0.15) is 23.6 Å². The molecule has 4 amide bonds. The van der Waals surface area contributed by atoms with Crippen molar-refractivity contribution in [1.29, 1.82) is 0 Å². The van der Waals surface area contributed by atoms with E-state index in [1.165, 1.54) is 0 Å². The van der Waals surface area contributed by atoms with Gasteiger partial charge in [-0.2, -0.15) is 0 Å². The lowest BCUT2D eigenvalue weighted by atomic mass is 10.1. The lowest BCUT2D eigenvalue weighted by Crippen LogP contribution is -2.43. The summed E-state index contributed by atoms with van der Waals surface area (Å²) in [6.07, 6.45) is 2.58. The molecule has 2 atom stereocenters. The number of nitrogens with zero attached hydrogens (tertiary/aromatic N) is 4. The van der Waals surface area contributed by atoms with Crippen LogP contribution in [-0.4, -0.2) is 82.0 Å². The average Bonchev–Trinajstić information content (AvgIpc) is 4.01. The highest BCUT2D eigenvalue weighted by Gasteiger charge is 2.37. The van der Waals surface area contributed by atoms with Gasteiger partial charge in [-0.1, -0.05) is 24.3 Å². The van der Waals surface area contributed by atoms with Crippen LogP contribution in [0.5, 0.6) is 11.5 Å². The van der Waals surface area contributed by atoms with Gasteiger partial charge < -0.3 is 34.3 Å². The third-order valence-electron chi connectivity index (χ3n) is 9.69. The number of carbonyl (C=O) groups is 4. The fourth-order valence-corrected chi connectivity index (χ4v) is 7.02. The van der Waals surface area contributed by atoms with Crippen LogP contribution in [0, 0.1) is 0 Å². The summed E-state index contributed by atoms with van der Waals surface area (Å²) in [7, 11) is 0. The molecule has 0 aliphatic carbocycles. The van der Waals surface area contributed by atoms with Gasteiger partial charge in [0.2, 0.25) is 23.6 Å². The van der Waals surface area contributed by atoms with E-state index in [-0.39, 0.29) is 23.6 Å². The standard InChI is InChI=1S/C42H42N6O7/c1-3-53-35-15-7-5-11-31(35)41(51)47-25-9-13-33(47)37(49)43-29-21-17-27(18-22-29)39-45-46-40(55-39)28-19-23-30(24-20-28)44-38(50)34-14-10-26-48(34)42(52)32-12-6-8-16-36(32)54-4-2/h5-8,11-12,15-24,33-34H,3-4,9-10,13-14,25-26H2,1-2H3,(H,43,49)(H,44,50)/t33-,34-/m0/s1. The Labute approximate surface area is 318 Å². The Bertz CT molecular complexity index is 2020. The molecule has 0 spiro atoms. The summed E-state index contributed by atoms with van der Waals surface area (Å²) in [5.41, 5.74) is 3.34. The highest BCUT2D eigenvalue weighted by atomic mass is 16.5. The highest BCUT2D eigenvalue weighted by Crippen LogP contribution is 2.30. The fraction of sp³-hybridized carbons (Fsp3) is 0.286. The maximum Gasteiger partial charge on any atom is 0.258 e. The third-order valence-corrected chi connectivity index (χ3v) is 9.69. The molecule has 0 unspecified atom stereocenters. The molecule has 3 heterocycles. The van der Waals surface area contributed by atoms with Gasteiger partial charge in [-0.05, 0) is 112 Å². The Balaban J connectivity index is 0.951. The molecule has 1 aromatic heterocycles. The number of ether oxygens (including phenoxy) is 2. The fourth-order valence-electron chi connectivity index (χ4n) is 7.02. The second-order valence-corrected chi connectivity index (χ2v) is 13.2. The summed E-state index contributed by atoms with van der Waals surface area (Å²) in [6.45, 7) is 5.56. The Morgan fingerprint density at radius 3 is 1.42 bits per heavy atom. The Morgan fingerprint density at radius 2 is 1.02 bits per heavy atom. The van der Waals surface area contributed by atoms with Crippen molar-refractivity contribution in [1.82, 2.24) is 20.0 Å². The van der Waals surface area contributed by atoms with Crippen LogP contribution in [0.15, 0.2) is 101 Å². The van der Waals surface area contributed by atoms with Crippen molar-refractivity contribution < 1.29 is 33.1 Å². The first-order valence-electron chi connectivity index (χ1n) is 18.6. The Morgan fingerprint density at radius 1 is 0.618 bits per heavy atom. The Hall–Kier alpha value is -6.50. The summed E-state index contributed by atoms with van der Waals surface area (Å²) in [5.74, 6) is 0.620. The molecule has 13 nitrogen and oxygen atoms in total. The molecule has 0 radical (unpaired) electrons. The van der Waals surface area contributed by atoms with Crippen molar-refractivity contribution in [2.75, 3.05) is 36.9 Å². The van der Waals surface area contributed by atoms with Crippen LogP contribution in [-0.2, 0) is 9.59 Å². The van der Waals surface area contributed by atoms with Crippen LogP contribution in [0.25, 0.3) is 22.9 Å². The minimum atomic E-state index is -0.601. The topological polar surface area (TPSA) is 156 Å². The van der Waals surface area contributed by atoms with Gasteiger partial charge in [-0.3, -0.25) is 19.2 Å². The predicted octanol–water partition coefficient (Wildman–Crippen LogP) is 6.69. The van der Waals surface area contributed by atoms with E-state index in [0.29, 0.717) is 96.1 Å². The summed E-state index contributed by atoms with van der Waals surface area (Å²) in [6, 6.07) is 27.0. The minimum Gasteiger partial charge on any atom is -0.493 e. The number of para-hydroxylation sites is 2. The first-order chi connectivity index (χ1) is 26.8. The van der Waals surface area contributed by atoms with Gasteiger partial charge >= 0.3 is 0 Å². The van der Waals surface area contributed by atoms with Crippen molar-refractivity contribution in [2.24, 2.45) is 0 Å². The molecule has 0 saturated carbocycles. The molecule has 2 saturated heterocycles. The van der Waals surface area contributed by atoms with Gasteiger partial charge in [-0.15, -0.1) is 10.2 Å². The van der Waals surface area contributed by atoms with Crippen LogP contribution < -0.4 is 20.1 Å². The number of hydrogen-bond donors (Lipinski definition) is 2. The first-order valence-corrected chi connectivity index (χ1v) is 18.6. The number of likely N-dealkylation sites (tertiary alicyclic amines) is 2. The van der Waals surface area contributed by atoms with E-state index >= 15 is 0 Å². The van der Waals surface area contributed by atoms with Crippen LogP contribution in [0.4, 0.5) is 11.4 Å². The molecule has 0 bridgehead atoms. The van der Waals surface area contributed by atoms with Crippen LogP contribution in [0.2, 0.25) is 0 Å². The number of benzene rings is 4. The molecule has 5 aromatic rings. The van der Waals surface area contributed by atoms with Crippen molar-refractivity contribution in [3.63, 3.8) is 0 Å². The van der Waals surface area contributed by atoms with E-state index in [4.69, 9.17) is 13.9 Å². The lowest BCUT2D eigenvalue weighted by Gasteiger charge is -2.25. The maximum atomic E-state index is 13.4. The number of nitrogens with one attached hydrogen (secondary N) is 2. The number of aromatic nitrogens is 2. The molecular formula is C42H42N6O7. The molecule has 2 fully saturated rings. The quantitative estimate of drug-likeness (QED) is 0.142. The number of rotatable bonds is 12. The van der Waals surface area contributed by atoms with Crippen molar-refractivity contribution >= 4 is 35.0 Å². The van der Waals surface area contributed by atoms with E-state index in [1.54, 1.807) is 94.7 Å². The summed E-state index contributed by atoms with van der Waals surface area (Å²) < 4.78 is 17.3. The second kappa shape index (κ2) is 16.7. The summed E-state index contributed by atoms with van der Waals surface area (Å²) >= 11 is 0. The van der Waals surface area contributed by atoms with Crippen LogP contribution >= 0.6 is 0 Å². The van der Waals surface area contributed by atoms with Gasteiger partial charge in [0, 0.05) is 35.6 Å². The van der Waals surface area contributed by atoms with Crippen molar-refractivity contribution in [3.8, 4) is 34.4 Å². The lowest BCUT2D eigenvalue weighted by molar-refractivity contribution is -0.120. The minimum absolute atomic E-state index is 0.228. The molecule has 13 heteroatoms. The zero-order chi connectivity index (χ0) is 38.3. The molecule has 7 rings (SSSR count). The number of carbonyl (C=O) groups excluding carboxylic acids is 4. The summed E-state index contributed by atoms with van der Waals surface area (Å²) in [4.78, 5) is 56.8. The molecule has 282 valence electrons. The largest absolute Gasteiger partial charge is 0.493 e. The van der Waals surface area contributed by atoms with Gasteiger partial charge in [0.25, 0.3) is 11.8 Å². The van der Waals surface area contributed by atoms with Gasteiger partial charge in [0.15, 0.2) is 0 Å². The predicted molar refractivity (Wildman–Crippen MR) is 206 cm³/mol. The first kappa shape index (κ1) is 36.8. The second-order valence-electron chi connectivity index (χ2n) is 13.2. The smallest absolute Gasteiger partial charge is 0.258 e. The van der Waals surface area contributed by atoms with Crippen LogP contribution in [0.3, 0.4) is 0 Å². The molecule has 55 heavy (non-hydrogen) atoms.